The van der Waals surface area contributed by atoms with Gasteiger partial charge in [0.05, 0.1) is 14.2 Å². The Hall–Kier alpha value is -2.73. The summed E-state index contributed by atoms with van der Waals surface area (Å²) < 4.78 is 17.5. The molecule has 1 N–H and O–H groups in total. The fourth-order valence-corrected chi connectivity index (χ4v) is 4.71. The number of hydrogen-bond acceptors (Lipinski definition) is 5. The molecule has 0 saturated carbocycles. The Kier molecular flexibility index (Phi) is 5.13. The quantitative estimate of drug-likeness (QED) is 0.628. The van der Waals surface area contributed by atoms with Gasteiger partial charge in [0.15, 0.2) is 22.1 Å². The second-order valence-electron chi connectivity index (χ2n) is 6.87. The molecular weight excluding hydrogens is 376 g/mol. The third kappa shape index (κ3) is 3.40. The Morgan fingerprint density at radius 2 is 1.75 bits per heavy atom. The van der Waals surface area contributed by atoms with Crippen molar-refractivity contribution in [1.82, 2.24) is 0 Å². The monoisotopic (exact) mass is 398 g/mol. The molecule has 3 aromatic rings. The van der Waals surface area contributed by atoms with E-state index in [9.17, 15) is 9.90 Å². The predicted octanol–water partition coefficient (Wildman–Crippen LogP) is 5.07. The molecule has 0 fully saturated rings. The number of fused-ring (bicyclic) bond motifs is 2. The molecule has 1 aliphatic rings. The zero-order valence-corrected chi connectivity index (χ0v) is 16.7. The van der Waals surface area contributed by atoms with E-state index in [4.69, 9.17) is 14.2 Å². The summed E-state index contributed by atoms with van der Waals surface area (Å²) in [7, 11) is 3.12. The maximum absolute atomic E-state index is 11.8. The standard InChI is InChI=1S/C22H22O5S/c1-25-17-10-16-19(11-18(17)26-2)28-21(22(23)24)20(16)27-12-13-7-8-14-5-3-4-6-15(14)9-13/h7-11H,3-6,12H2,1-2H3,(H,23,24). The number of thiophene rings is 1. The second-order valence-corrected chi connectivity index (χ2v) is 7.92. The molecule has 1 aliphatic carbocycles. The minimum atomic E-state index is -1.00. The first-order valence-electron chi connectivity index (χ1n) is 9.26. The van der Waals surface area contributed by atoms with E-state index in [0.717, 1.165) is 28.5 Å². The topological polar surface area (TPSA) is 65.0 Å². The molecule has 0 spiro atoms. The lowest BCUT2D eigenvalue weighted by molar-refractivity contribution is 0.0698. The average molecular weight is 398 g/mol. The Labute approximate surface area is 167 Å². The van der Waals surface area contributed by atoms with E-state index in [1.54, 1.807) is 26.4 Å². The normalized spacial score (nSPS) is 13.2. The van der Waals surface area contributed by atoms with Crippen molar-refractivity contribution >= 4 is 27.4 Å². The average Bonchev–Trinajstić information content (AvgIpc) is 3.08. The molecule has 0 saturated heterocycles. The fourth-order valence-electron chi connectivity index (χ4n) is 3.72. The minimum absolute atomic E-state index is 0.184. The van der Waals surface area contributed by atoms with E-state index in [1.165, 1.54) is 35.3 Å². The molecule has 2 aromatic carbocycles. The molecule has 6 heteroatoms. The lowest BCUT2D eigenvalue weighted by atomic mass is 9.90. The zero-order chi connectivity index (χ0) is 19.7. The lowest BCUT2D eigenvalue weighted by Crippen LogP contribution is -2.05. The van der Waals surface area contributed by atoms with Gasteiger partial charge in [0, 0.05) is 16.2 Å². The summed E-state index contributed by atoms with van der Waals surface area (Å²) in [5, 5.41) is 10.4. The van der Waals surface area contributed by atoms with Crippen LogP contribution in [0.3, 0.4) is 0 Å². The molecule has 0 aliphatic heterocycles. The number of ether oxygens (including phenoxy) is 3. The summed E-state index contributed by atoms with van der Waals surface area (Å²) in [6.45, 7) is 0.327. The molecule has 0 unspecified atom stereocenters. The highest BCUT2D eigenvalue weighted by atomic mass is 32.1. The van der Waals surface area contributed by atoms with Crippen molar-refractivity contribution in [2.45, 2.75) is 32.3 Å². The van der Waals surface area contributed by atoms with Crippen LogP contribution in [0, 0.1) is 0 Å². The fraction of sp³-hybridized carbons (Fsp3) is 0.318. The SMILES string of the molecule is COc1cc2sc(C(=O)O)c(OCc3ccc4c(c3)CCCC4)c2cc1OC. The van der Waals surface area contributed by atoms with E-state index in [2.05, 4.69) is 18.2 Å². The summed E-state index contributed by atoms with van der Waals surface area (Å²) in [6.07, 6.45) is 4.70. The number of aryl methyl sites for hydroxylation is 2. The van der Waals surface area contributed by atoms with E-state index in [-0.39, 0.29) is 4.88 Å². The summed E-state index contributed by atoms with van der Waals surface area (Å²) in [5.74, 6) is 0.489. The van der Waals surface area contributed by atoms with Crippen LogP contribution in [0.5, 0.6) is 17.2 Å². The largest absolute Gasteiger partial charge is 0.493 e. The Bertz CT molecular complexity index is 1040. The predicted molar refractivity (Wildman–Crippen MR) is 109 cm³/mol. The molecule has 28 heavy (non-hydrogen) atoms. The van der Waals surface area contributed by atoms with Crippen LogP contribution in [0.2, 0.25) is 0 Å². The van der Waals surface area contributed by atoms with Crippen LogP contribution in [0.15, 0.2) is 30.3 Å². The summed E-state index contributed by atoms with van der Waals surface area (Å²) in [5.41, 5.74) is 3.85. The molecule has 1 aromatic heterocycles. The van der Waals surface area contributed by atoms with Gasteiger partial charge in [-0.25, -0.2) is 4.79 Å². The van der Waals surface area contributed by atoms with Gasteiger partial charge in [0.25, 0.3) is 0 Å². The smallest absolute Gasteiger partial charge is 0.349 e. The van der Waals surface area contributed by atoms with Crippen molar-refractivity contribution < 1.29 is 24.1 Å². The maximum atomic E-state index is 11.8. The molecule has 0 amide bonds. The summed E-state index contributed by atoms with van der Waals surface area (Å²) >= 11 is 1.18. The third-order valence-corrected chi connectivity index (χ3v) is 6.26. The summed E-state index contributed by atoms with van der Waals surface area (Å²) in [6, 6.07) is 10.00. The van der Waals surface area contributed by atoms with Crippen molar-refractivity contribution in [1.29, 1.82) is 0 Å². The van der Waals surface area contributed by atoms with Gasteiger partial charge in [-0.05, 0) is 48.4 Å². The van der Waals surface area contributed by atoms with Crippen molar-refractivity contribution in [3.63, 3.8) is 0 Å². The van der Waals surface area contributed by atoms with E-state index in [0.29, 0.717) is 23.9 Å². The van der Waals surface area contributed by atoms with Crippen LogP contribution >= 0.6 is 11.3 Å². The molecule has 4 rings (SSSR count). The minimum Gasteiger partial charge on any atom is -0.493 e. The van der Waals surface area contributed by atoms with Crippen molar-refractivity contribution in [3.05, 3.63) is 51.9 Å². The van der Waals surface area contributed by atoms with Gasteiger partial charge >= 0.3 is 5.97 Å². The molecule has 1 heterocycles. The van der Waals surface area contributed by atoms with Gasteiger partial charge in [-0.1, -0.05) is 18.2 Å². The first kappa shape index (κ1) is 18.6. The first-order chi connectivity index (χ1) is 13.6. The van der Waals surface area contributed by atoms with Crippen LogP contribution in [0.4, 0.5) is 0 Å². The third-order valence-electron chi connectivity index (χ3n) is 5.14. The maximum Gasteiger partial charge on any atom is 0.349 e. The second kappa shape index (κ2) is 7.72. The zero-order valence-electron chi connectivity index (χ0n) is 15.9. The number of carbonyl (C=O) groups is 1. The Morgan fingerprint density at radius 1 is 1.04 bits per heavy atom. The van der Waals surface area contributed by atoms with Crippen molar-refractivity contribution in [3.8, 4) is 17.2 Å². The molecule has 0 bridgehead atoms. The van der Waals surface area contributed by atoms with Gasteiger partial charge in [-0.15, -0.1) is 11.3 Å². The van der Waals surface area contributed by atoms with E-state index in [1.807, 2.05) is 0 Å². The molecule has 0 atom stereocenters. The van der Waals surface area contributed by atoms with Gasteiger partial charge in [0.2, 0.25) is 0 Å². The number of rotatable bonds is 6. The number of benzene rings is 2. The van der Waals surface area contributed by atoms with Crippen LogP contribution in [-0.2, 0) is 19.4 Å². The molecule has 5 nitrogen and oxygen atoms in total. The van der Waals surface area contributed by atoms with Crippen molar-refractivity contribution in [2.75, 3.05) is 14.2 Å². The van der Waals surface area contributed by atoms with Crippen LogP contribution in [0.1, 0.15) is 39.2 Å². The first-order valence-corrected chi connectivity index (χ1v) is 10.1. The number of carboxylic acid groups (broad SMARTS) is 1. The van der Waals surface area contributed by atoms with E-state index >= 15 is 0 Å². The number of carboxylic acids is 1. The van der Waals surface area contributed by atoms with Crippen LogP contribution in [-0.4, -0.2) is 25.3 Å². The molecule has 146 valence electrons. The lowest BCUT2D eigenvalue weighted by Gasteiger charge is -2.17. The van der Waals surface area contributed by atoms with Gasteiger partial charge in [0.1, 0.15) is 6.61 Å². The molecule has 0 radical (unpaired) electrons. The van der Waals surface area contributed by atoms with Gasteiger partial charge in [-0.3, -0.25) is 0 Å². The van der Waals surface area contributed by atoms with Crippen molar-refractivity contribution in [2.24, 2.45) is 0 Å². The number of methoxy groups -OCH3 is 2. The Morgan fingerprint density at radius 3 is 2.46 bits per heavy atom. The van der Waals surface area contributed by atoms with Crippen LogP contribution in [0.25, 0.3) is 10.1 Å². The highest BCUT2D eigenvalue weighted by Crippen LogP contribution is 2.43. The highest BCUT2D eigenvalue weighted by molar-refractivity contribution is 7.21. The number of hydrogen-bond donors (Lipinski definition) is 1. The Balaban J connectivity index is 1.69. The van der Waals surface area contributed by atoms with Gasteiger partial charge < -0.3 is 19.3 Å². The van der Waals surface area contributed by atoms with E-state index < -0.39 is 5.97 Å². The van der Waals surface area contributed by atoms with Gasteiger partial charge in [-0.2, -0.15) is 0 Å². The molecular formula is C22H22O5S. The highest BCUT2D eigenvalue weighted by Gasteiger charge is 2.22. The van der Waals surface area contributed by atoms with Crippen LogP contribution < -0.4 is 14.2 Å². The summed E-state index contributed by atoms with van der Waals surface area (Å²) in [4.78, 5) is 12.0. The number of aromatic carboxylic acids is 1.